The van der Waals surface area contributed by atoms with Crippen LogP contribution in [0, 0.1) is 45.8 Å². The second-order valence-electron chi connectivity index (χ2n) is 12.9. The van der Waals surface area contributed by atoms with Crippen molar-refractivity contribution in [2.24, 2.45) is 45.8 Å². The Bertz CT molecular complexity index is 686. The summed E-state index contributed by atoms with van der Waals surface area (Å²) in [5.41, 5.74) is 4.01. The molecule has 0 radical (unpaired) electrons. The van der Waals surface area contributed by atoms with Crippen molar-refractivity contribution in [2.45, 2.75) is 105 Å². The first-order valence-corrected chi connectivity index (χ1v) is 13.1. The number of aliphatic hydroxyl groups excluding tert-OH is 1. The van der Waals surface area contributed by atoms with Gasteiger partial charge in [-0.1, -0.05) is 64.8 Å². The van der Waals surface area contributed by atoms with Gasteiger partial charge in [0.05, 0.1) is 6.61 Å². The van der Waals surface area contributed by atoms with Crippen LogP contribution in [0.3, 0.4) is 0 Å². The van der Waals surface area contributed by atoms with Crippen LogP contribution < -0.4 is 0 Å². The van der Waals surface area contributed by atoms with Crippen molar-refractivity contribution in [2.75, 3.05) is 6.61 Å². The van der Waals surface area contributed by atoms with Gasteiger partial charge in [0, 0.05) is 5.41 Å². The molecule has 0 aliphatic heterocycles. The fraction of sp³-hybridized carbons (Fsp3) is 0.862. The van der Waals surface area contributed by atoms with Crippen molar-refractivity contribution < 1.29 is 5.11 Å². The zero-order chi connectivity index (χ0) is 21.7. The standard InChI is InChI=1S/C29H48O/c1-20(10-11-21(2)27(3,4)19-30)24-14-15-25-23-13-12-22-9-7-8-17-28(22,5)26(23)16-18-29(24,25)6/h12,20,23-26,30H,2,7-11,13-19H2,1,3-6H3/t20-,23+,24-,25+,26+,28+,29-/m1/s1. The van der Waals surface area contributed by atoms with Gasteiger partial charge in [0.15, 0.2) is 0 Å². The van der Waals surface area contributed by atoms with Crippen LogP contribution in [0.4, 0.5) is 0 Å². The molecule has 0 unspecified atom stereocenters. The van der Waals surface area contributed by atoms with Crippen molar-refractivity contribution in [3.8, 4) is 0 Å². The van der Waals surface area contributed by atoms with Crippen LogP contribution >= 0.6 is 0 Å². The molecule has 0 amide bonds. The summed E-state index contributed by atoms with van der Waals surface area (Å²) in [5.74, 6) is 4.48. The average Bonchev–Trinajstić information content (AvgIpc) is 3.08. The van der Waals surface area contributed by atoms with Crippen LogP contribution in [0.25, 0.3) is 0 Å². The molecular formula is C29H48O. The molecule has 0 aromatic carbocycles. The molecule has 0 spiro atoms. The molecule has 30 heavy (non-hydrogen) atoms. The van der Waals surface area contributed by atoms with E-state index in [1.807, 2.05) is 5.57 Å². The third-order valence-corrected chi connectivity index (χ3v) is 11.0. The van der Waals surface area contributed by atoms with E-state index >= 15 is 0 Å². The fourth-order valence-electron chi connectivity index (χ4n) is 8.73. The van der Waals surface area contributed by atoms with Gasteiger partial charge in [0.2, 0.25) is 0 Å². The third-order valence-electron chi connectivity index (χ3n) is 11.0. The maximum atomic E-state index is 9.68. The maximum Gasteiger partial charge on any atom is 0.0519 e. The zero-order valence-electron chi connectivity index (χ0n) is 20.6. The Labute approximate surface area is 186 Å². The molecular weight excluding hydrogens is 364 g/mol. The lowest BCUT2D eigenvalue weighted by atomic mass is 9.47. The van der Waals surface area contributed by atoms with Gasteiger partial charge in [0.1, 0.15) is 0 Å². The molecule has 1 nitrogen and oxygen atoms in total. The molecule has 0 saturated heterocycles. The molecule has 0 heterocycles. The number of fused-ring (bicyclic) bond motifs is 5. The molecule has 1 heteroatoms. The van der Waals surface area contributed by atoms with Crippen LogP contribution in [0.1, 0.15) is 105 Å². The predicted molar refractivity (Wildman–Crippen MR) is 128 cm³/mol. The second-order valence-corrected chi connectivity index (χ2v) is 12.9. The molecule has 0 aromatic heterocycles. The largest absolute Gasteiger partial charge is 0.395 e. The van der Waals surface area contributed by atoms with Crippen LogP contribution in [0.5, 0.6) is 0 Å². The van der Waals surface area contributed by atoms with E-state index in [1.165, 1.54) is 69.8 Å². The Balaban J connectivity index is 1.46. The minimum atomic E-state index is -0.137. The van der Waals surface area contributed by atoms with E-state index in [-0.39, 0.29) is 12.0 Å². The fourth-order valence-corrected chi connectivity index (χ4v) is 8.73. The smallest absolute Gasteiger partial charge is 0.0519 e. The Morgan fingerprint density at radius 2 is 1.93 bits per heavy atom. The Hall–Kier alpha value is -0.560. The van der Waals surface area contributed by atoms with E-state index in [2.05, 4.69) is 47.3 Å². The van der Waals surface area contributed by atoms with Crippen LogP contribution in [-0.2, 0) is 0 Å². The minimum Gasteiger partial charge on any atom is -0.395 e. The number of hydrogen-bond donors (Lipinski definition) is 1. The summed E-state index contributed by atoms with van der Waals surface area (Å²) in [7, 11) is 0. The lowest BCUT2D eigenvalue weighted by molar-refractivity contribution is -0.0499. The van der Waals surface area contributed by atoms with Gasteiger partial charge in [-0.3, -0.25) is 0 Å². The molecule has 3 saturated carbocycles. The summed E-state index contributed by atoms with van der Waals surface area (Å²) in [6.45, 7) is 16.6. The molecule has 4 aliphatic carbocycles. The van der Waals surface area contributed by atoms with Crippen molar-refractivity contribution in [1.29, 1.82) is 0 Å². The van der Waals surface area contributed by atoms with E-state index in [9.17, 15) is 5.11 Å². The molecule has 4 rings (SSSR count). The Morgan fingerprint density at radius 1 is 1.17 bits per heavy atom. The number of aliphatic hydroxyl groups is 1. The van der Waals surface area contributed by atoms with Gasteiger partial charge in [0.25, 0.3) is 0 Å². The van der Waals surface area contributed by atoms with E-state index in [0.717, 1.165) is 36.0 Å². The van der Waals surface area contributed by atoms with Crippen molar-refractivity contribution in [3.63, 3.8) is 0 Å². The lowest BCUT2D eigenvalue weighted by Gasteiger charge is -2.58. The van der Waals surface area contributed by atoms with Gasteiger partial charge < -0.3 is 5.11 Å². The zero-order valence-corrected chi connectivity index (χ0v) is 20.6. The number of hydrogen-bond acceptors (Lipinski definition) is 1. The van der Waals surface area contributed by atoms with Gasteiger partial charge in [-0.15, -0.1) is 0 Å². The normalized spacial score (nSPS) is 42.0. The van der Waals surface area contributed by atoms with Gasteiger partial charge in [-0.25, -0.2) is 0 Å². The first kappa shape index (κ1) is 22.6. The summed E-state index contributed by atoms with van der Waals surface area (Å²) in [6.07, 6.45) is 17.9. The van der Waals surface area contributed by atoms with Crippen LogP contribution in [0.2, 0.25) is 0 Å². The number of rotatable bonds is 6. The first-order chi connectivity index (χ1) is 14.1. The van der Waals surface area contributed by atoms with Gasteiger partial charge in [-0.2, -0.15) is 0 Å². The van der Waals surface area contributed by atoms with E-state index in [1.54, 1.807) is 0 Å². The van der Waals surface area contributed by atoms with Crippen molar-refractivity contribution in [3.05, 3.63) is 23.8 Å². The summed E-state index contributed by atoms with van der Waals surface area (Å²) >= 11 is 0. The first-order valence-electron chi connectivity index (χ1n) is 13.1. The summed E-state index contributed by atoms with van der Waals surface area (Å²) in [6, 6.07) is 0. The highest BCUT2D eigenvalue weighted by Gasteiger charge is 2.58. The maximum absolute atomic E-state index is 9.68. The van der Waals surface area contributed by atoms with Crippen molar-refractivity contribution >= 4 is 0 Å². The molecule has 1 N–H and O–H groups in total. The van der Waals surface area contributed by atoms with Crippen LogP contribution in [-0.4, -0.2) is 11.7 Å². The summed E-state index contributed by atoms with van der Waals surface area (Å²) in [4.78, 5) is 0. The molecule has 4 aliphatic rings. The van der Waals surface area contributed by atoms with Crippen molar-refractivity contribution in [1.82, 2.24) is 0 Å². The van der Waals surface area contributed by atoms with E-state index < -0.39 is 0 Å². The average molecular weight is 413 g/mol. The third kappa shape index (κ3) is 3.56. The highest BCUT2D eigenvalue weighted by Crippen LogP contribution is 2.67. The minimum absolute atomic E-state index is 0.137. The highest BCUT2D eigenvalue weighted by molar-refractivity contribution is 5.24. The Kier molecular flexibility index (Phi) is 6.10. The van der Waals surface area contributed by atoms with Crippen LogP contribution in [0.15, 0.2) is 23.8 Å². The summed E-state index contributed by atoms with van der Waals surface area (Å²) in [5, 5.41) is 9.68. The van der Waals surface area contributed by atoms with E-state index in [0.29, 0.717) is 10.8 Å². The second kappa shape index (κ2) is 8.09. The molecule has 0 bridgehead atoms. The molecule has 3 fully saturated rings. The quantitative estimate of drug-likeness (QED) is 0.439. The predicted octanol–water partition coefficient (Wildman–Crippen LogP) is 7.95. The van der Waals surface area contributed by atoms with Gasteiger partial charge in [-0.05, 0) is 105 Å². The van der Waals surface area contributed by atoms with E-state index in [4.69, 9.17) is 0 Å². The Morgan fingerprint density at radius 3 is 2.67 bits per heavy atom. The monoisotopic (exact) mass is 412 g/mol. The molecule has 0 aromatic rings. The van der Waals surface area contributed by atoms with Gasteiger partial charge >= 0.3 is 0 Å². The SMILES string of the molecule is C=C(CC[C@@H](C)[C@H]1CC[C@H]2[C@@H]3CC=C4CCCC[C@]4(C)[C@H]3CC[C@]12C)C(C)(C)CO. The number of allylic oxidation sites excluding steroid dienone is 2. The summed E-state index contributed by atoms with van der Waals surface area (Å²) < 4.78 is 0. The topological polar surface area (TPSA) is 20.2 Å². The lowest BCUT2D eigenvalue weighted by Crippen LogP contribution is -2.50. The molecule has 7 atom stereocenters. The highest BCUT2D eigenvalue weighted by atomic mass is 16.3. The molecule has 170 valence electrons.